The monoisotopic (exact) mass is 294 g/mol. The van der Waals surface area contributed by atoms with Crippen molar-refractivity contribution >= 4 is 17.6 Å². The minimum atomic E-state index is -1.05. The first-order valence-electron chi connectivity index (χ1n) is 6.85. The fraction of sp³-hybridized carbons (Fsp3) is 0.467. The highest BCUT2D eigenvalue weighted by Gasteiger charge is 2.21. The van der Waals surface area contributed by atoms with Crippen molar-refractivity contribution in [3.63, 3.8) is 0 Å². The summed E-state index contributed by atoms with van der Waals surface area (Å²) in [5, 5.41) is 23.9. The van der Waals surface area contributed by atoms with Gasteiger partial charge >= 0.3 is 5.97 Å². The summed E-state index contributed by atoms with van der Waals surface area (Å²) < 4.78 is 0. The quantitative estimate of drug-likeness (QED) is 0.574. The molecule has 116 valence electrons. The molecule has 0 saturated heterocycles. The van der Waals surface area contributed by atoms with E-state index in [1.54, 1.807) is 13.0 Å². The third-order valence-corrected chi connectivity index (χ3v) is 2.94. The van der Waals surface area contributed by atoms with Crippen molar-refractivity contribution in [1.82, 2.24) is 5.32 Å². The topological polar surface area (TPSA) is 98.7 Å². The van der Waals surface area contributed by atoms with E-state index in [1.807, 2.05) is 13.8 Å². The Kier molecular flexibility index (Phi) is 6.17. The average Bonchev–Trinajstić information content (AvgIpc) is 2.37. The lowest BCUT2D eigenvalue weighted by Crippen LogP contribution is -2.41. The number of carbonyl (C=O) groups is 2. The first kappa shape index (κ1) is 17.0. The lowest BCUT2D eigenvalue weighted by Gasteiger charge is -2.16. The molecule has 1 aromatic carbocycles. The van der Waals surface area contributed by atoms with E-state index in [-0.39, 0.29) is 18.1 Å². The number of hydrogen-bond acceptors (Lipinski definition) is 4. The van der Waals surface area contributed by atoms with Crippen LogP contribution in [0.15, 0.2) is 18.2 Å². The number of aliphatic carboxylic acids is 1. The molecule has 0 heterocycles. The second kappa shape index (κ2) is 7.64. The van der Waals surface area contributed by atoms with E-state index in [4.69, 9.17) is 5.11 Å². The van der Waals surface area contributed by atoms with Gasteiger partial charge in [0.2, 0.25) is 5.91 Å². The first-order chi connectivity index (χ1) is 9.79. The van der Waals surface area contributed by atoms with E-state index >= 15 is 0 Å². The molecule has 0 aliphatic rings. The molecule has 0 unspecified atom stereocenters. The van der Waals surface area contributed by atoms with E-state index in [0.29, 0.717) is 23.7 Å². The molecule has 1 amide bonds. The van der Waals surface area contributed by atoms with Gasteiger partial charge in [0, 0.05) is 5.69 Å². The second-order valence-corrected chi connectivity index (χ2v) is 5.44. The fourth-order valence-electron chi connectivity index (χ4n) is 1.80. The molecule has 0 aromatic heterocycles. The zero-order valence-corrected chi connectivity index (χ0v) is 12.5. The third kappa shape index (κ3) is 5.83. The highest BCUT2D eigenvalue weighted by Crippen LogP contribution is 2.20. The van der Waals surface area contributed by atoms with Gasteiger partial charge in [-0.25, -0.2) is 0 Å². The Morgan fingerprint density at radius 2 is 1.95 bits per heavy atom. The van der Waals surface area contributed by atoms with Crippen LogP contribution in [0, 0.1) is 12.8 Å². The number of aryl methyl sites for hydroxylation is 1. The van der Waals surface area contributed by atoms with Crippen molar-refractivity contribution in [3.8, 4) is 5.75 Å². The molecular weight excluding hydrogens is 272 g/mol. The molecule has 1 aromatic rings. The summed E-state index contributed by atoms with van der Waals surface area (Å²) in [5.74, 6) is -1.01. The highest BCUT2D eigenvalue weighted by atomic mass is 16.4. The zero-order chi connectivity index (χ0) is 16.0. The van der Waals surface area contributed by atoms with Crippen molar-refractivity contribution < 1.29 is 19.8 Å². The zero-order valence-electron chi connectivity index (χ0n) is 12.5. The van der Waals surface area contributed by atoms with Gasteiger partial charge in [-0.1, -0.05) is 13.8 Å². The number of amides is 1. The smallest absolute Gasteiger partial charge is 0.321 e. The number of rotatable bonds is 7. The summed E-state index contributed by atoms with van der Waals surface area (Å²) in [4.78, 5) is 23.1. The lowest BCUT2D eigenvalue weighted by molar-refractivity contribution is -0.141. The molecule has 4 N–H and O–H groups in total. The van der Waals surface area contributed by atoms with Gasteiger partial charge in [0.25, 0.3) is 0 Å². The summed E-state index contributed by atoms with van der Waals surface area (Å²) in [6.45, 7) is 6.21. The van der Waals surface area contributed by atoms with Crippen LogP contribution in [0.1, 0.15) is 25.8 Å². The number of hydrogen-bond donors (Lipinski definition) is 4. The predicted molar refractivity (Wildman–Crippen MR) is 80.4 cm³/mol. The number of benzene rings is 1. The van der Waals surface area contributed by atoms with Crippen LogP contribution >= 0.6 is 0 Å². The Bertz CT molecular complexity index is 514. The standard InChI is InChI=1S/C15H22N2O4/c1-9(2)8-16-13(15(20)21)7-14(19)17-12-5-4-11(18)6-10(12)3/h4-6,9,13,16,18H,7-8H2,1-3H3,(H,17,19)(H,20,21)/t13-/m1/s1. The largest absolute Gasteiger partial charge is 0.508 e. The number of phenolic OH excluding ortho intramolecular Hbond substituents is 1. The molecule has 6 heteroatoms. The number of anilines is 1. The molecule has 6 nitrogen and oxygen atoms in total. The molecule has 0 radical (unpaired) electrons. The molecule has 0 saturated carbocycles. The number of phenols is 1. The van der Waals surface area contributed by atoms with Gasteiger partial charge in [-0.2, -0.15) is 0 Å². The minimum absolute atomic E-state index is 0.118. The molecule has 0 aliphatic heterocycles. The van der Waals surface area contributed by atoms with Gasteiger partial charge in [-0.15, -0.1) is 0 Å². The SMILES string of the molecule is Cc1cc(O)ccc1NC(=O)C[C@@H](NCC(C)C)C(=O)O. The molecule has 0 bridgehead atoms. The average molecular weight is 294 g/mol. The van der Waals surface area contributed by atoms with Crippen LogP contribution in [0.4, 0.5) is 5.69 Å². The maximum atomic E-state index is 11.9. The van der Waals surface area contributed by atoms with Crippen molar-refractivity contribution in [2.45, 2.75) is 33.2 Å². The molecule has 0 aliphatic carbocycles. The Hall–Kier alpha value is -2.08. The molecule has 0 spiro atoms. The van der Waals surface area contributed by atoms with Gasteiger partial charge in [0.05, 0.1) is 6.42 Å². The van der Waals surface area contributed by atoms with Crippen molar-refractivity contribution in [2.24, 2.45) is 5.92 Å². The maximum absolute atomic E-state index is 11.9. The van der Waals surface area contributed by atoms with E-state index in [2.05, 4.69) is 10.6 Å². The van der Waals surface area contributed by atoms with Gasteiger partial charge in [0.15, 0.2) is 0 Å². The third-order valence-electron chi connectivity index (χ3n) is 2.94. The summed E-state index contributed by atoms with van der Waals surface area (Å²) in [5.41, 5.74) is 1.27. The van der Waals surface area contributed by atoms with Crippen LogP contribution < -0.4 is 10.6 Å². The second-order valence-electron chi connectivity index (χ2n) is 5.44. The molecule has 21 heavy (non-hydrogen) atoms. The first-order valence-corrected chi connectivity index (χ1v) is 6.85. The summed E-state index contributed by atoms with van der Waals surface area (Å²) in [7, 11) is 0. The minimum Gasteiger partial charge on any atom is -0.508 e. The molecule has 1 atom stereocenters. The van der Waals surface area contributed by atoms with Crippen LogP contribution in [-0.4, -0.2) is 34.7 Å². The van der Waals surface area contributed by atoms with E-state index < -0.39 is 12.0 Å². The van der Waals surface area contributed by atoms with Crippen LogP contribution in [0.25, 0.3) is 0 Å². The van der Waals surface area contributed by atoms with Gasteiger partial charge in [-0.3, -0.25) is 9.59 Å². The summed E-state index contributed by atoms with van der Waals surface area (Å²) in [6, 6.07) is 3.67. The number of aromatic hydroxyl groups is 1. The Morgan fingerprint density at radius 1 is 1.29 bits per heavy atom. The van der Waals surface area contributed by atoms with Gasteiger partial charge < -0.3 is 20.8 Å². The van der Waals surface area contributed by atoms with Crippen molar-refractivity contribution in [1.29, 1.82) is 0 Å². The van der Waals surface area contributed by atoms with Gasteiger partial charge in [-0.05, 0) is 43.1 Å². The van der Waals surface area contributed by atoms with E-state index in [0.717, 1.165) is 0 Å². The Balaban J connectivity index is 2.63. The maximum Gasteiger partial charge on any atom is 0.321 e. The normalized spacial score (nSPS) is 12.2. The number of nitrogens with one attached hydrogen (secondary N) is 2. The van der Waals surface area contributed by atoms with Crippen molar-refractivity contribution in [3.05, 3.63) is 23.8 Å². The van der Waals surface area contributed by atoms with Crippen LogP contribution in [0.3, 0.4) is 0 Å². The Labute approximate surface area is 124 Å². The van der Waals surface area contributed by atoms with E-state index in [9.17, 15) is 14.7 Å². The van der Waals surface area contributed by atoms with Crippen LogP contribution in [-0.2, 0) is 9.59 Å². The number of carboxylic acids is 1. The van der Waals surface area contributed by atoms with Crippen molar-refractivity contribution in [2.75, 3.05) is 11.9 Å². The fourth-order valence-corrected chi connectivity index (χ4v) is 1.80. The Morgan fingerprint density at radius 3 is 2.48 bits per heavy atom. The predicted octanol–water partition coefficient (Wildman–Crippen LogP) is 1.73. The molecule has 0 fully saturated rings. The highest BCUT2D eigenvalue weighted by molar-refractivity contribution is 5.94. The summed E-state index contributed by atoms with van der Waals surface area (Å²) >= 11 is 0. The number of carboxylic acid groups (broad SMARTS) is 1. The lowest BCUT2D eigenvalue weighted by atomic mass is 10.1. The molecular formula is C15H22N2O4. The number of carbonyl (C=O) groups excluding carboxylic acids is 1. The summed E-state index contributed by atoms with van der Waals surface area (Å²) in [6.07, 6.45) is -0.150. The van der Waals surface area contributed by atoms with Gasteiger partial charge in [0.1, 0.15) is 11.8 Å². The molecule has 1 rings (SSSR count). The van der Waals surface area contributed by atoms with Crippen LogP contribution in [0.2, 0.25) is 0 Å². The van der Waals surface area contributed by atoms with E-state index in [1.165, 1.54) is 12.1 Å². The van der Waals surface area contributed by atoms with Crippen LogP contribution in [0.5, 0.6) is 5.75 Å².